The molecule has 2 atom stereocenters. The number of hydrogen-bond donors (Lipinski definition) is 0. The molecule has 0 saturated heterocycles. The number of allylic oxidation sites excluding steroid dienone is 1. The largest absolute Gasteiger partial charge is 0.402 e. The minimum absolute atomic E-state index is 0. The Morgan fingerprint density at radius 1 is 1.50 bits per heavy atom. The maximum absolute atomic E-state index is 5.32. The fourth-order valence-corrected chi connectivity index (χ4v) is 1.50. The Bertz CT molecular complexity index is 140. The van der Waals surface area contributed by atoms with Crippen LogP contribution in [0.3, 0.4) is 0 Å². The Labute approximate surface area is 61.9 Å². The third-order valence-electron chi connectivity index (χ3n) is 2.70. The molecule has 0 amide bonds. The summed E-state index contributed by atoms with van der Waals surface area (Å²) in [6.45, 7) is 6.76. The van der Waals surface area contributed by atoms with Crippen molar-refractivity contribution in [1.82, 2.24) is 0 Å². The quantitative estimate of drug-likeness (QED) is 0.600. The van der Waals surface area contributed by atoms with Crippen LogP contribution >= 0.6 is 11.6 Å². The van der Waals surface area contributed by atoms with Crippen LogP contribution in [-0.2, 0) is 0 Å². The van der Waals surface area contributed by atoms with Gasteiger partial charge in [-0.25, -0.2) is 0 Å². The van der Waals surface area contributed by atoms with Crippen molar-refractivity contribution in [3.05, 3.63) is 11.6 Å². The molecule has 0 radical (unpaired) electrons. The van der Waals surface area contributed by atoms with Crippen molar-refractivity contribution in [2.45, 2.75) is 20.8 Å². The van der Waals surface area contributed by atoms with Crippen molar-refractivity contribution >= 4 is 11.6 Å². The van der Waals surface area contributed by atoms with E-state index in [0.717, 1.165) is 5.92 Å². The molecule has 0 aliphatic heterocycles. The van der Waals surface area contributed by atoms with Gasteiger partial charge in [0.15, 0.2) is 0 Å². The maximum atomic E-state index is 5.32. The first-order valence-electron chi connectivity index (χ1n) is 3.30. The summed E-state index contributed by atoms with van der Waals surface area (Å²) in [5, 5.41) is 0. The van der Waals surface area contributed by atoms with Gasteiger partial charge in [-0.2, -0.15) is 0 Å². The van der Waals surface area contributed by atoms with Gasteiger partial charge in [0.2, 0.25) is 0 Å². The van der Waals surface area contributed by atoms with Gasteiger partial charge in [0.25, 0.3) is 0 Å². The Morgan fingerprint density at radius 2 is 1.90 bits per heavy atom. The van der Waals surface area contributed by atoms with Gasteiger partial charge < -0.3 is 17.1 Å². The van der Waals surface area contributed by atoms with Crippen LogP contribution < -0.4 is 0 Å². The summed E-state index contributed by atoms with van der Waals surface area (Å²) in [6.07, 6.45) is 1.96. The molecule has 62 valence electrons. The van der Waals surface area contributed by atoms with Gasteiger partial charge in [0.1, 0.15) is 0 Å². The zero-order valence-corrected chi connectivity index (χ0v) is 9.82. The van der Waals surface area contributed by atoms with Gasteiger partial charge >= 0.3 is 0 Å². The Kier molecular flexibility index (Phi) is 2.11. The zero-order valence-electron chi connectivity index (χ0n) is 6.43. The predicted octanol–water partition coefficient (Wildman–Crippen LogP) is 2.83. The van der Waals surface area contributed by atoms with Crippen LogP contribution in [0, 0.1) is 22.8 Å². The van der Waals surface area contributed by atoms with E-state index in [9.17, 15) is 0 Å². The van der Waals surface area contributed by atoms with Crippen molar-refractivity contribution in [3.63, 3.8) is 0 Å². The normalized spacial score (nSPS) is 35.6. The van der Waals surface area contributed by atoms with Crippen LogP contribution in [0.2, 0.25) is 0 Å². The molecule has 10 heavy (non-hydrogen) atoms. The van der Waals surface area contributed by atoms with E-state index in [2.05, 4.69) is 26.3 Å². The van der Waals surface area contributed by atoms with E-state index < -0.39 is 0 Å². The van der Waals surface area contributed by atoms with E-state index in [0.29, 0.717) is 11.3 Å². The second-order valence-electron chi connectivity index (χ2n) is 3.41. The molecule has 0 nitrogen and oxygen atoms in total. The summed E-state index contributed by atoms with van der Waals surface area (Å²) in [7, 11) is 0. The average Bonchev–Trinajstić information content (AvgIpc) is 2.19. The molecule has 1 aliphatic rings. The van der Waals surface area contributed by atoms with Crippen LogP contribution in [0.25, 0.3) is 0 Å². The minimum atomic E-state index is 0. The number of hydrogen-bond acceptors (Lipinski definition) is 0. The van der Waals surface area contributed by atoms with Crippen molar-refractivity contribution in [2.75, 3.05) is 0 Å². The second kappa shape index (κ2) is 2.34. The van der Waals surface area contributed by atoms with E-state index in [4.69, 9.17) is 11.6 Å². The Morgan fingerprint density at radius 3 is 2.00 bits per heavy atom. The minimum Gasteiger partial charge on any atom is -0.402 e. The van der Waals surface area contributed by atoms with Crippen molar-refractivity contribution in [3.8, 4) is 0 Å². The van der Waals surface area contributed by atoms with Gasteiger partial charge in [-0.05, 0) is 17.3 Å². The first kappa shape index (κ1) is 9.03. The smallest absolute Gasteiger partial charge is 0 e. The SMILES string of the molecule is CC1C(C=[C-]Cl)C1(C)C.[Cf]. The van der Waals surface area contributed by atoms with E-state index in [1.165, 1.54) is 0 Å². The van der Waals surface area contributed by atoms with E-state index in [1.807, 2.05) is 6.08 Å². The van der Waals surface area contributed by atoms with Gasteiger partial charge in [-0.1, -0.05) is 20.8 Å². The Hall–Kier alpha value is -0.970. The third-order valence-corrected chi connectivity index (χ3v) is 2.83. The van der Waals surface area contributed by atoms with Crippen molar-refractivity contribution < 1.29 is 0 Å². The first-order chi connectivity index (χ1) is 4.10. The van der Waals surface area contributed by atoms with Crippen LogP contribution in [-0.4, -0.2) is 0 Å². The molecule has 0 spiro atoms. The van der Waals surface area contributed by atoms with Gasteiger partial charge in [0.05, 0.1) is 0 Å². The molecule has 0 bridgehead atoms. The molecular formula is C8H12CfCl-. The molecule has 0 aromatic heterocycles. The zero-order chi connectivity index (χ0) is 7.07. The van der Waals surface area contributed by atoms with Gasteiger partial charge in [-0.3, -0.25) is 6.08 Å². The fraction of sp³-hybridized carbons (Fsp3) is 0.750. The van der Waals surface area contributed by atoms with Gasteiger partial charge in [-0.15, -0.1) is 0 Å². The monoisotopic (exact) mass is 392 g/mol. The summed E-state index contributed by atoms with van der Waals surface area (Å²) in [5.74, 6) is 1.44. The maximum Gasteiger partial charge on any atom is 0 e. The van der Waals surface area contributed by atoms with E-state index >= 15 is 0 Å². The van der Waals surface area contributed by atoms with Crippen LogP contribution in [0.5, 0.6) is 0 Å². The summed E-state index contributed by atoms with van der Waals surface area (Å²) < 4.78 is 0. The molecule has 0 N–H and O–H groups in total. The molecular weight excluding hydrogens is 383 g/mol. The summed E-state index contributed by atoms with van der Waals surface area (Å²) >= 11 is 5.32. The third kappa shape index (κ3) is 0.995. The summed E-state index contributed by atoms with van der Waals surface area (Å²) in [5.41, 5.74) is 3.04. The Balaban J connectivity index is 0.000000810. The summed E-state index contributed by atoms with van der Waals surface area (Å²) in [6, 6.07) is 0. The number of rotatable bonds is 1. The van der Waals surface area contributed by atoms with Crippen molar-refractivity contribution in [2.24, 2.45) is 17.3 Å². The van der Waals surface area contributed by atoms with Crippen molar-refractivity contribution in [1.29, 1.82) is 0 Å². The molecule has 1 saturated carbocycles. The fourth-order valence-electron chi connectivity index (χ4n) is 1.37. The second-order valence-corrected chi connectivity index (χ2v) is 3.63. The molecule has 1 aliphatic carbocycles. The average molecular weight is 395 g/mol. The molecule has 0 heterocycles. The molecule has 1 rings (SSSR count). The molecule has 2 heteroatoms. The molecule has 1 fully saturated rings. The summed E-state index contributed by atoms with van der Waals surface area (Å²) in [4.78, 5) is 0. The molecule has 0 aromatic rings. The molecule has 0 aromatic carbocycles. The first-order valence-corrected chi connectivity index (χ1v) is 3.68. The standard InChI is InChI=1S/C8H12Cl.Cf/c1-6-7(4-5-9)8(6,2)3;/h4,6-7H,1-3H3;/q-1;. The van der Waals surface area contributed by atoms with Crippen LogP contribution in [0.1, 0.15) is 20.8 Å². The van der Waals surface area contributed by atoms with Crippen LogP contribution in [0.4, 0.5) is 0 Å². The van der Waals surface area contributed by atoms with E-state index in [1.54, 1.807) is 0 Å². The van der Waals surface area contributed by atoms with Gasteiger partial charge in [0, 0.05) is 0 Å². The van der Waals surface area contributed by atoms with Crippen LogP contribution in [0.15, 0.2) is 6.08 Å². The number of halogens is 1. The topological polar surface area (TPSA) is 0 Å². The van der Waals surface area contributed by atoms with E-state index in [-0.39, 0.29) is 0 Å². The predicted molar refractivity (Wildman–Crippen MR) is 40.1 cm³/mol. The molecule has 2 unspecified atom stereocenters.